The largest absolute Gasteiger partial charge is 0.336 e. The first-order valence-electron chi connectivity index (χ1n) is 8.14. The highest BCUT2D eigenvalue weighted by atomic mass is 35.5. The van der Waals surface area contributed by atoms with Gasteiger partial charge in [0.1, 0.15) is 0 Å². The number of benzene rings is 1. The van der Waals surface area contributed by atoms with Crippen molar-refractivity contribution in [2.24, 2.45) is 0 Å². The third kappa shape index (κ3) is 2.10. The molecule has 2 heterocycles. The smallest absolute Gasteiger partial charge is 0.254 e. The number of carbonyl (C=O) groups excluding carboxylic acids is 1. The van der Waals surface area contributed by atoms with Gasteiger partial charge in [-0.1, -0.05) is 29.8 Å². The summed E-state index contributed by atoms with van der Waals surface area (Å²) in [5, 5.41) is 0.634. The van der Waals surface area contributed by atoms with Crippen molar-refractivity contribution in [3.8, 4) is 0 Å². The van der Waals surface area contributed by atoms with Crippen molar-refractivity contribution in [3.05, 3.63) is 46.5 Å². The molecule has 116 valence electrons. The molecule has 3 aliphatic rings. The zero-order valence-corrected chi connectivity index (χ0v) is 13.6. The molecule has 2 aliphatic heterocycles. The average Bonchev–Trinajstić information content (AvgIpc) is 3.06. The van der Waals surface area contributed by atoms with Crippen molar-refractivity contribution >= 4 is 17.5 Å². The molecule has 4 rings (SSSR count). The number of amides is 1. The molecule has 4 heteroatoms. The lowest BCUT2D eigenvalue weighted by Crippen LogP contribution is -2.57. The predicted molar refractivity (Wildman–Crippen MR) is 88.4 cm³/mol. The number of likely N-dealkylation sites (tertiary alicyclic amines) is 1. The van der Waals surface area contributed by atoms with Gasteiger partial charge in [0.25, 0.3) is 5.91 Å². The van der Waals surface area contributed by atoms with Crippen LogP contribution in [0.1, 0.15) is 41.1 Å². The van der Waals surface area contributed by atoms with Gasteiger partial charge in [-0.05, 0) is 50.0 Å². The molecule has 3 nitrogen and oxygen atoms in total. The van der Waals surface area contributed by atoms with Crippen LogP contribution < -0.4 is 0 Å². The second-order valence-electron chi connectivity index (χ2n) is 6.64. The third-order valence-corrected chi connectivity index (χ3v) is 5.70. The van der Waals surface area contributed by atoms with E-state index in [2.05, 4.69) is 17.1 Å². The van der Waals surface area contributed by atoms with E-state index in [1.807, 2.05) is 30.1 Å². The molecule has 0 saturated carbocycles. The first-order valence-corrected chi connectivity index (χ1v) is 8.52. The highest BCUT2D eigenvalue weighted by Gasteiger charge is 2.44. The summed E-state index contributed by atoms with van der Waals surface area (Å²) < 4.78 is 0. The second-order valence-corrected chi connectivity index (χ2v) is 7.07. The average molecular weight is 317 g/mol. The highest BCUT2D eigenvalue weighted by Crippen LogP contribution is 2.41. The van der Waals surface area contributed by atoms with Crippen molar-refractivity contribution in [2.45, 2.75) is 37.3 Å². The first kappa shape index (κ1) is 14.3. The van der Waals surface area contributed by atoms with Gasteiger partial charge in [0.05, 0.1) is 6.04 Å². The summed E-state index contributed by atoms with van der Waals surface area (Å²) in [5.74, 6) is 0.396. The number of fused-ring (bicyclic) bond motifs is 3. The van der Waals surface area contributed by atoms with Crippen LogP contribution in [0.15, 0.2) is 30.4 Å². The Hall–Kier alpha value is -1.32. The fourth-order valence-electron chi connectivity index (χ4n) is 4.41. The zero-order chi connectivity index (χ0) is 15.3. The molecule has 3 atom stereocenters. The summed E-state index contributed by atoms with van der Waals surface area (Å²) in [6, 6.07) is 6.44. The fourth-order valence-corrected chi connectivity index (χ4v) is 4.58. The Labute approximate surface area is 136 Å². The van der Waals surface area contributed by atoms with E-state index in [0.717, 1.165) is 30.6 Å². The molecule has 22 heavy (non-hydrogen) atoms. The number of halogens is 1. The van der Waals surface area contributed by atoms with E-state index < -0.39 is 0 Å². The standard InChI is InChI=1S/C18H21ClN2O/c1-20-17-14(5-4-6-16(17)21-9-2-3-10-21)13-8-7-12(19)11-15(13)18(20)22/h4-5,7-8,11,14,16-17H,2-3,6,9-10H2,1H3/t14-,16+,17+/m1/s1. The van der Waals surface area contributed by atoms with E-state index in [0.29, 0.717) is 11.1 Å². The summed E-state index contributed by atoms with van der Waals surface area (Å²) in [6.07, 6.45) is 8.18. The van der Waals surface area contributed by atoms with E-state index in [4.69, 9.17) is 11.6 Å². The van der Waals surface area contributed by atoms with Crippen LogP contribution in [-0.4, -0.2) is 47.9 Å². The lowest BCUT2D eigenvalue weighted by atomic mass is 9.75. The van der Waals surface area contributed by atoms with Crippen LogP contribution in [0.4, 0.5) is 0 Å². The van der Waals surface area contributed by atoms with Gasteiger partial charge in [0.2, 0.25) is 0 Å². The van der Waals surface area contributed by atoms with E-state index in [1.54, 1.807) is 0 Å². The zero-order valence-electron chi connectivity index (χ0n) is 12.8. The van der Waals surface area contributed by atoms with E-state index in [-0.39, 0.29) is 17.9 Å². The highest BCUT2D eigenvalue weighted by molar-refractivity contribution is 6.31. The van der Waals surface area contributed by atoms with Gasteiger partial charge in [0, 0.05) is 29.6 Å². The van der Waals surface area contributed by atoms with E-state index >= 15 is 0 Å². The normalized spacial score (nSPS) is 31.3. The minimum absolute atomic E-state index is 0.109. The molecule has 1 amide bonds. The number of rotatable bonds is 1. The molecular formula is C18H21ClN2O. The Morgan fingerprint density at radius 2 is 2.00 bits per heavy atom. The first-order chi connectivity index (χ1) is 10.7. The van der Waals surface area contributed by atoms with Gasteiger partial charge in [-0.25, -0.2) is 0 Å². The van der Waals surface area contributed by atoms with Crippen molar-refractivity contribution in [2.75, 3.05) is 20.1 Å². The molecule has 1 fully saturated rings. The second kappa shape index (κ2) is 5.39. The molecule has 0 radical (unpaired) electrons. The number of carbonyl (C=O) groups is 1. The molecule has 0 bridgehead atoms. The van der Waals surface area contributed by atoms with Crippen molar-refractivity contribution < 1.29 is 4.79 Å². The molecule has 0 unspecified atom stereocenters. The Morgan fingerprint density at radius 3 is 2.77 bits per heavy atom. The summed E-state index contributed by atoms with van der Waals surface area (Å²) in [5.41, 5.74) is 1.90. The number of likely N-dealkylation sites (N-methyl/N-ethyl adjacent to an activating group) is 1. The lowest BCUT2D eigenvalue weighted by Gasteiger charge is -2.47. The maximum absolute atomic E-state index is 12.8. The van der Waals surface area contributed by atoms with Gasteiger partial charge in [-0.3, -0.25) is 9.69 Å². The van der Waals surface area contributed by atoms with Gasteiger partial charge in [0.15, 0.2) is 0 Å². The van der Waals surface area contributed by atoms with Crippen LogP contribution in [0.25, 0.3) is 0 Å². The Balaban J connectivity index is 1.78. The van der Waals surface area contributed by atoms with E-state index in [1.165, 1.54) is 12.8 Å². The molecule has 0 spiro atoms. The molecule has 1 aliphatic carbocycles. The lowest BCUT2D eigenvalue weighted by molar-refractivity contribution is 0.0515. The van der Waals surface area contributed by atoms with Crippen molar-refractivity contribution in [3.63, 3.8) is 0 Å². The van der Waals surface area contributed by atoms with Gasteiger partial charge in [-0.2, -0.15) is 0 Å². The minimum atomic E-state index is 0.109. The summed E-state index contributed by atoms with van der Waals surface area (Å²) >= 11 is 6.10. The Morgan fingerprint density at radius 1 is 1.23 bits per heavy atom. The monoisotopic (exact) mass is 316 g/mol. The molecule has 1 saturated heterocycles. The predicted octanol–water partition coefficient (Wildman–Crippen LogP) is 3.30. The van der Waals surface area contributed by atoms with Crippen molar-refractivity contribution in [1.29, 1.82) is 0 Å². The number of hydrogen-bond donors (Lipinski definition) is 0. The van der Waals surface area contributed by atoms with Crippen LogP contribution in [0.3, 0.4) is 0 Å². The van der Waals surface area contributed by atoms with Crippen LogP contribution in [0.2, 0.25) is 5.02 Å². The maximum atomic E-state index is 12.8. The Bertz CT molecular complexity index is 636. The molecule has 1 aromatic carbocycles. The third-order valence-electron chi connectivity index (χ3n) is 5.47. The molecule has 0 N–H and O–H groups in total. The van der Waals surface area contributed by atoms with Crippen molar-refractivity contribution in [1.82, 2.24) is 9.80 Å². The quantitative estimate of drug-likeness (QED) is 0.742. The van der Waals surface area contributed by atoms with Gasteiger partial charge >= 0.3 is 0 Å². The summed E-state index contributed by atoms with van der Waals surface area (Å²) in [7, 11) is 1.95. The molecule has 1 aromatic rings. The van der Waals surface area contributed by atoms with Gasteiger partial charge in [-0.15, -0.1) is 0 Å². The number of hydrogen-bond acceptors (Lipinski definition) is 2. The minimum Gasteiger partial charge on any atom is -0.336 e. The SMILES string of the molecule is CN1C(=O)c2cc(Cl)ccc2[C@H]2C=CC[C@H](N3CCCC3)[C@H]21. The molecular weight excluding hydrogens is 296 g/mol. The van der Waals surface area contributed by atoms with Gasteiger partial charge < -0.3 is 4.90 Å². The van der Waals surface area contributed by atoms with Crippen LogP contribution >= 0.6 is 11.6 Å². The van der Waals surface area contributed by atoms with Crippen LogP contribution in [0.5, 0.6) is 0 Å². The molecule has 0 aromatic heterocycles. The topological polar surface area (TPSA) is 23.6 Å². The fraction of sp³-hybridized carbons (Fsp3) is 0.500. The summed E-state index contributed by atoms with van der Waals surface area (Å²) in [6.45, 7) is 2.33. The maximum Gasteiger partial charge on any atom is 0.254 e. The Kier molecular flexibility index (Phi) is 3.50. The van der Waals surface area contributed by atoms with Crippen LogP contribution in [0, 0.1) is 0 Å². The van der Waals surface area contributed by atoms with E-state index in [9.17, 15) is 4.79 Å². The summed E-state index contributed by atoms with van der Waals surface area (Å²) in [4.78, 5) is 17.3. The number of nitrogens with zero attached hydrogens (tertiary/aromatic N) is 2. The van der Waals surface area contributed by atoms with Crippen LogP contribution in [-0.2, 0) is 0 Å².